The van der Waals surface area contributed by atoms with Gasteiger partial charge in [0.2, 0.25) is 0 Å². The fourth-order valence-electron chi connectivity index (χ4n) is 1.53. The van der Waals surface area contributed by atoms with Crippen molar-refractivity contribution in [2.24, 2.45) is 0 Å². The van der Waals surface area contributed by atoms with E-state index in [2.05, 4.69) is 10.3 Å². The summed E-state index contributed by atoms with van der Waals surface area (Å²) in [7, 11) is 0. The second kappa shape index (κ2) is 5.10. The van der Waals surface area contributed by atoms with E-state index >= 15 is 0 Å². The van der Waals surface area contributed by atoms with Gasteiger partial charge in [-0.2, -0.15) is 0 Å². The summed E-state index contributed by atoms with van der Waals surface area (Å²) in [5.41, 5.74) is 0.573. The van der Waals surface area contributed by atoms with Crippen molar-refractivity contribution in [3.63, 3.8) is 0 Å². The maximum Gasteiger partial charge on any atom is 0.168 e. The molecule has 0 amide bonds. The quantitative estimate of drug-likeness (QED) is 0.838. The van der Waals surface area contributed by atoms with Crippen LogP contribution < -0.4 is 5.32 Å². The number of hydrogen-bond acceptors (Lipinski definition) is 3. The largest absolute Gasteiger partial charge is 0.338 e. The van der Waals surface area contributed by atoms with Gasteiger partial charge in [-0.3, -0.25) is 4.79 Å². The summed E-state index contributed by atoms with van der Waals surface area (Å²) in [5.74, 6) is 0.137. The summed E-state index contributed by atoms with van der Waals surface area (Å²) in [6.07, 6.45) is 5.19. The lowest BCUT2D eigenvalue weighted by Crippen LogP contribution is -2.05. The molecule has 1 aromatic heterocycles. The van der Waals surface area contributed by atoms with Crippen molar-refractivity contribution in [2.75, 3.05) is 5.32 Å². The van der Waals surface area contributed by atoms with Crippen LogP contribution in [0.3, 0.4) is 0 Å². The van der Waals surface area contributed by atoms with Gasteiger partial charge in [-0.15, -0.1) is 0 Å². The number of pyridine rings is 1. The van der Waals surface area contributed by atoms with E-state index in [1.54, 1.807) is 6.08 Å². The summed E-state index contributed by atoms with van der Waals surface area (Å²) in [5, 5.41) is 3.19. The highest BCUT2D eigenvalue weighted by Crippen LogP contribution is 2.22. The van der Waals surface area contributed by atoms with Crippen LogP contribution in [-0.4, -0.2) is 11.3 Å². The Kier molecular flexibility index (Phi) is 3.54. The number of aromatic nitrogens is 1. The van der Waals surface area contributed by atoms with Crippen LogP contribution in [0.4, 0.5) is 10.2 Å². The summed E-state index contributed by atoms with van der Waals surface area (Å²) < 4.78 is 13.5. The molecule has 17 heavy (non-hydrogen) atoms. The maximum atomic E-state index is 13.5. The molecule has 3 nitrogen and oxygen atoms in total. The lowest BCUT2D eigenvalue weighted by atomic mass is 10.1. The summed E-state index contributed by atoms with van der Waals surface area (Å²) in [6, 6.07) is 2.98. The number of carbonyl (C=O) groups is 1. The van der Waals surface area contributed by atoms with Crippen molar-refractivity contribution in [1.82, 2.24) is 4.98 Å². The van der Waals surface area contributed by atoms with E-state index in [1.165, 1.54) is 12.1 Å². The third kappa shape index (κ3) is 2.91. The van der Waals surface area contributed by atoms with Crippen molar-refractivity contribution < 1.29 is 9.18 Å². The molecule has 0 saturated carbocycles. The maximum absolute atomic E-state index is 13.5. The van der Waals surface area contributed by atoms with Crippen LogP contribution in [0.2, 0.25) is 5.02 Å². The van der Waals surface area contributed by atoms with E-state index in [4.69, 9.17) is 11.6 Å². The first-order valence-electron chi connectivity index (χ1n) is 5.14. The van der Waals surface area contributed by atoms with Crippen LogP contribution >= 0.6 is 11.6 Å². The normalized spacial score (nSPS) is 14.9. The number of allylic oxidation sites excluding steroid dienone is 3. The molecule has 88 valence electrons. The lowest BCUT2D eigenvalue weighted by Gasteiger charge is -2.12. The number of hydrogen-bond donors (Lipinski definition) is 1. The van der Waals surface area contributed by atoms with Crippen LogP contribution in [0.25, 0.3) is 0 Å². The third-order valence-corrected chi connectivity index (χ3v) is 2.52. The zero-order valence-corrected chi connectivity index (χ0v) is 9.67. The summed E-state index contributed by atoms with van der Waals surface area (Å²) >= 11 is 5.82. The van der Waals surface area contributed by atoms with Gasteiger partial charge in [0.25, 0.3) is 0 Å². The van der Waals surface area contributed by atoms with Crippen molar-refractivity contribution >= 4 is 23.7 Å². The number of nitrogens with one attached hydrogen (secondary N) is 1. The highest BCUT2D eigenvalue weighted by molar-refractivity contribution is 6.31. The average molecular weight is 253 g/mol. The molecule has 5 heteroatoms. The average Bonchev–Trinajstić information content (AvgIpc) is 2.31. The molecule has 0 bridgehead atoms. The molecule has 0 saturated heterocycles. The Balaban J connectivity index is 2.27. The molecule has 0 radical (unpaired) electrons. The lowest BCUT2D eigenvalue weighted by molar-refractivity contribution is 0.111. The molecule has 0 unspecified atom stereocenters. The fraction of sp³-hybridized carbons (Fsp3) is 0.167. The van der Waals surface area contributed by atoms with Crippen LogP contribution in [0.5, 0.6) is 0 Å². The third-order valence-electron chi connectivity index (χ3n) is 2.30. The minimum absolute atomic E-state index is 0.209. The van der Waals surface area contributed by atoms with E-state index in [9.17, 15) is 9.18 Å². The van der Waals surface area contributed by atoms with Crippen LogP contribution in [0.15, 0.2) is 35.8 Å². The molecule has 1 N–H and O–H groups in total. The van der Waals surface area contributed by atoms with Gasteiger partial charge in [-0.1, -0.05) is 17.7 Å². The second-order valence-corrected chi connectivity index (χ2v) is 4.03. The number of nitrogens with zero attached hydrogens (tertiary/aromatic N) is 1. The Labute approximate surface area is 103 Å². The highest BCUT2D eigenvalue weighted by Gasteiger charge is 2.09. The van der Waals surface area contributed by atoms with Gasteiger partial charge in [0.15, 0.2) is 6.29 Å². The predicted octanol–water partition coefficient (Wildman–Crippen LogP) is 3.49. The minimum Gasteiger partial charge on any atom is -0.338 e. The first-order valence-corrected chi connectivity index (χ1v) is 5.52. The van der Waals surface area contributed by atoms with E-state index in [0.29, 0.717) is 35.7 Å². The Morgan fingerprint density at radius 3 is 3.00 bits per heavy atom. The van der Waals surface area contributed by atoms with Gasteiger partial charge in [0.1, 0.15) is 17.3 Å². The van der Waals surface area contributed by atoms with E-state index in [1.807, 2.05) is 6.08 Å². The molecule has 0 aromatic carbocycles. The Morgan fingerprint density at radius 1 is 1.47 bits per heavy atom. The Bertz CT molecular complexity index is 511. The van der Waals surface area contributed by atoms with Gasteiger partial charge in [-0.25, -0.2) is 9.37 Å². The topological polar surface area (TPSA) is 42.0 Å². The number of halogens is 2. The van der Waals surface area contributed by atoms with Crippen molar-refractivity contribution in [2.45, 2.75) is 12.8 Å². The Morgan fingerprint density at radius 2 is 2.29 bits per heavy atom. The fourth-order valence-corrected chi connectivity index (χ4v) is 1.74. The summed E-state index contributed by atoms with van der Waals surface area (Å²) in [6.45, 7) is 0. The first-order chi connectivity index (χ1) is 8.19. The second-order valence-electron chi connectivity index (χ2n) is 3.60. The van der Waals surface area contributed by atoms with Gasteiger partial charge in [0, 0.05) is 11.4 Å². The van der Waals surface area contributed by atoms with Gasteiger partial charge < -0.3 is 5.32 Å². The number of anilines is 1. The minimum atomic E-state index is -0.220. The molecular formula is C12H10ClFN2O. The van der Waals surface area contributed by atoms with Crippen LogP contribution in [0, 0.1) is 0 Å². The first kappa shape index (κ1) is 11.8. The molecule has 1 heterocycles. The smallest absolute Gasteiger partial charge is 0.168 e. The molecule has 0 fully saturated rings. The number of rotatable bonds is 3. The molecule has 1 aliphatic rings. The van der Waals surface area contributed by atoms with Gasteiger partial charge in [0.05, 0.1) is 5.70 Å². The highest BCUT2D eigenvalue weighted by atomic mass is 35.5. The predicted molar refractivity (Wildman–Crippen MR) is 64.8 cm³/mol. The van der Waals surface area contributed by atoms with Crippen LogP contribution in [0.1, 0.15) is 23.3 Å². The molecule has 1 aromatic rings. The SMILES string of the molecule is O=Cc1cc(Cl)cc(NC2=C(F)CCC=C2)n1. The zero-order valence-electron chi connectivity index (χ0n) is 8.91. The monoisotopic (exact) mass is 252 g/mol. The number of aldehydes is 1. The van der Waals surface area contributed by atoms with Gasteiger partial charge >= 0.3 is 0 Å². The zero-order chi connectivity index (χ0) is 12.3. The molecule has 2 rings (SSSR count). The van der Waals surface area contributed by atoms with Gasteiger partial charge in [-0.05, 0) is 24.6 Å². The van der Waals surface area contributed by atoms with Crippen LogP contribution in [-0.2, 0) is 0 Å². The standard InChI is InChI=1S/C12H10ClFN2O/c13-8-5-9(7-17)15-12(6-8)16-11-4-2-1-3-10(11)14/h2,4-7H,1,3H2,(H,15,16). The van der Waals surface area contributed by atoms with E-state index in [0.717, 1.165) is 0 Å². The molecule has 0 aliphatic heterocycles. The van der Waals surface area contributed by atoms with Crippen molar-refractivity contribution in [3.8, 4) is 0 Å². The summed E-state index contributed by atoms with van der Waals surface area (Å²) in [4.78, 5) is 14.6. The van der Waals surface area contributed by atoms with E-state index < -0.39 is 0 Å². The van der Waals surface area contributed by atoms with Crippen molar-refractivity contribution in [3.05, 3.63) is 46.5 Å². The molecule has 0 spiro atoms. The molecule has 1 aliphatic carbocycles. The van der Waals surface area contributed by atoms with Crippen molar-refractivity contribution in [1.29, 1.82) is 0 Å². The molecule has 0 atom stereocenters. The number of carbonyl (C=O) groups excluding carboxylic acids is 1. The van der Waals surface area contributed by atoms with E-state index in [-0.39, 0.29) is 11.5 Å². The molecular weight excluding hydrogens is 243 g/mol. The Hall–Kier alpha value is -1.68.